The number of thiazole rings is 1. The quantitative estimate of drug-likeness (QED) is 0.537. The lowest BCUT2D eigenvalue weighted by Gasteiger charge is -2.31. The lowest BCUT2D eigenvalue weighted by atomic mass is 9.95. The van der Waals surface area contributed by atoms with Crippen LogP contribution in [0.2, 0.25) is 0 Å². The molecule has 1 aromatic heterocycles. The van der Waals surface area contributed by atoms with E-state index >= 15 is 0 Å². The summed E-state index contributed by atoms with van der Waals surface area (Å²) in [5.74, 6) is 0.583. The first-order valence-electron chi connectivity index (χ1n) is 11.4. The maximum atomic E-state index is 12.9. The van der Waals surface area contributed by atoms with Crippen molar-refractivity contribution in [1.29, 1.82) is 0 Å². The number of ether oxygens (including phenoxy) is 1. The normalized spacial score (nSPS) is 14.2. The first-order chi connectivity index (χ1) is 16.2. The summed E-state index contributed by atoms with van der Waals surface area (Å²) in [4.78, 5) is 32.1. The van der Waals surface area contributed by atoms with Gasteiger partial charge < -0.3 is 15.0 Å². The van der Waals surface area contributed by atoms with Crippen LogP contribution in [0.5, 0.6) is 5.75 Å². The van der Waals surface area contributed by atoms with Gasteiger partial charge in [0, 0.05) is 42.9 Å². The Morgan fingerprint density at radius 3 is 2.58 bits per heavy atom. The van der Waals surface area contributed by atoms with Crippen molar-refractivity contribution in [3.63, 3.8) is 0 Å². The third kappa shape index (κ3) is 5.79. The van der Waals surface area contributed by atoms with E-state index in [2.05, 4.69) is 27.8 Å². The molecule has 0 atom stereocenters. The fraction of sp³-hybridized carbons (Fsp3) is 0.346. The summed E-state index contributed by atoms with van der Waals surface area (Å²) in [7, 11) is 0. The van der Waals surface area contributed by atoms with Crippen LogP contribution in [0.1, 0.15) is 35.8 Å². The number of hydrogen-bond donors (Lipinski definition) is 1. The second-order valence-electron chi connectivity index (χ2n) is 8.05. The van der Waals surface area contributed by atoms with E-state index in [4.69, 9.17) is 4.74 Å². The molecule has 2 heterocycles. The number of carbonyl (C=O) groups is 2. The summed E-state index contributed by atoms with van der Waals surface area (Å²) >= 11 is 1.62. The van der Waals surface area contributed by atoms with E-state index in [1.807, 2.05) is 48.2 Å². The highest BCUT2D eigenvalue weighted by molar-refractivity contribution is 7.13. The molecule has 0 bridgehead atoms. The minimum Gasteiger partial charge on any atom is -0.493 e. The van der Waals surface area contributed by atoms with Crippen LogP contribution >= 0.6 is 11.3 Å². The molecule has 2 aromatic carbocycles. The number of para-hydroxylation sites is 1. The van der Waals surface area contributed by atoms with Gasteiger partial charge in [-0.3, -0.25) is 9.59 Å². The van der Waals surface area contributed by atoms with Gasteiger partial charge in [0.2, 0.25) is 5.91 Å². The molecule has 1 aliphatic heterocycles. The molecule has 172 valence electrons. The van der Waals surface area contributed by atoms with Crippen LogP contribution in [0.4, 0.5) is 0 Å². The molecule has 6 nitrogen and oxygen atoms in total. The topological polar surface area (TPSA) is 71.5 Å². The number of carbonyl (C=O) groups excluding carboxylic acids is 2. The third-order valence-electron chi connectivity index (χ3n) is 5.82. The van der Waals surface area contributed by atoms with Crippen molar-refractivity contribution in [2.45, 2.75) is 26.2 Å². The molecular weight excluding hydrogens is 434 g/mol. The van der Waals surface area contributed by atoms with Crippen LogP contribution in [0.3, 0.4) is 0 Å². The lowest BCUT2D eigenvalue weighted by Crippen LogP contribution is -2.43. The van der Waals surface area contributed by atoms with Gasteiger partial charge in [0.15, 0.2) is 0 Å². The van der Waals surface area contributed by atoms with Crippen LogP contribution in [0.15, 0.2) is 60.0 Å². The highest BCUT2D eigenvalue weighted by Gasteiger charge is 2.28. The molecule has 0 saturated carbocycles. The molecular formula is C26H29N3O3S. The highest BCUT2D eigenvalue weighted by Crippen LogP contribution is 2.25. The predicted octanol–water partition coefficient (Wildman–Crippen LogP) is 4.42. The van der Waals surface area contributed by atoms with Crippen LogP contribution < -0.4 is 10.1 Å². The zero-order valence-corrected chi connectivity index (χ0v) is 19.6. The van der Waals surface area contributed by atoms with E-state index < -0.39 is 0 Å². The van der Waals surface area contributed by atoms with Crippen molar-refractivity contribution in [2.24, 2.45) is 5.92 Å². The highest BCUT2D eigenvalue weighted by atomic mass is 32.1. The second-order valence-corrected chi connectivity index (χ2v) is 8.90. The molecule has 1 aliphatic rings. The smallest absolute Gasteiger partial charge is 0.257 e. The number of benzene rings is 2. The van der Waals surface area contributed by atoms with Gasteiger partial charge in [-0.05, 0) is 31.9 Å². The molecule has 2 amide bonds. The van der Waals surface area contributed by atoms with Crippen molar-refractivity contribution in [2.75, 3.05) is 26.2 Å². The van der Waals surface area contributed by atoms with Crippen LogP contribution in [-0.4, -0.2) is 47.9 Å². The molecule has 1 saturated heterocycles. The Morgan fingerprint density at radius 2 is 1.82 bits per heavy atom. The fourth-order valence-corrected chi connectivity index (χ4v) is 4.89. The van der Waals surface area contributed by atoms with E-state index in [9.17, 15) is 9.59 Å². The van der Waals surface area contributed by atoms with Crippen molar-refractivity contribution in [3.8, 4) is 16.3 Å². The molecule has 1 N–H and O–H groups in total. The monoisotopic (exact) mass is 463 g/mol. The van der Waals surface area contributed by atoms with Gasteiger partial charge in [-0.1, -0.05) is 42.5 Å². The average molecular weight is 464 g/mol. The Kier molecular flexibility index (Phi) is 7.73. The van der Waals surface area contributed by atoms with E-state index in [-0.39, 0.29) is 17.7 Å². The van der Waals surface area contributed by atoms with E-state index in [0.29, 0.717) is 56.8 Å². The second kappa shape index (κ2) is 11.1. The van der Waals surface area contributed by atoms with Crippen LogP contribution in [0.25, 0.3) is 10.6 Å². The number of rotatable bonds is 8. The molecule has 0 spiro atoms. The molecule has 1 fully saturated rings. The minimum absolute atomic E-state index is 0.0318. The Morgan fingerprint density at radius 1 is 1.09 bits per heavy atom. The maximum Gasteiger partial charge on any atom is 0.257 e. The first kappa shape index (κ1) is 23.0. The van der Waals surface area contributed by atoms with Gasteiger partial charge in [0.05, 0.1) is 17.9 Å². The minimum atomic E-state index is -0.0634. The third-order valence-corrected chi connectivity index (χ3v) is 6.76. The fourth-order valence-electron chi connectivity index (χ4n) is 4.03. The molecule has 4 rings (SSSR count). The molecule has 0 aliphatic carbocycles. The van der Waals surface area contributed by atoms with E-state index in [1.165, 1.54) is 0 Å². The van der Waals surface area contributed by atoms with Crippen LogP contribution in [0, 0.1) is 5.92 Å². The molecule has 0 unspecified atom stereocenters. The number of likely N-dealkylation sites (tertiary alicyclic amines) is 1. The number of amides is 2. The van der Waals surface area contributed by atoms with Gasteiger partial charge in [0.1, 0.15) is 10.8 Å². The summed E-state index contributed by atoms with van der Waals surface area (Å²) in [5.41, 5.74) is 2.69. The molecule has 0 radical (unpaired) electrons. The van der Waals surface area contributed by atoms with Crippen molar-refractivity contribution in [1.82, 2.24) is 15.2 Å². The average Bonchev–Trinajstić information content (AvgIpc) is 3.34. The largest absolute Gasteiger partial charge is 0.493 e. The molecule has 7 heteroatoms. The van der Waals surface area contributed by atoms with Gasteiger partial charge in [-0.25, -0.2) is 4.98 Å². The van der Waals surface area contributed by atoms with Crippen molar-refractivity contribution < 1.29 is 14.3 Å². The zero-order valence-electron chi connectivity index (χ0n) is 18.8. The van der Waals surface area contributed by atoms with Gasteiger partial charge >= 0.3 is 0 Å². The Labute approximate surface area is 198 Å². The number of aromatic nitrogens is 1. The van der Waals surface area contributed by atoms with Gasteiger partial charge in [0.25, 0.3) is 5.91 Å². The number of piperidine rings is 1. The zero-order chi connectivity index (χ0) is 23.0. The van der Waals surface area contributed by atoms with E-state index in [0.717, 1.165) is 16.3 Å². The Hall–Kier alpha value is -3.19. The van der Waals surface area contributed by atoms with Gasteiger partial charge in [-0.15, -0.1) is 11.3 Å². The first-order valence-corrected chi connectivity index (χ1v) is 12.3. The summed E-state index contributed by atoms with van der Waals surface area (Å²) in [6, 6.07) is 17.4. The molecule has 3 aromatic rings. The Bertz CT molecular complexity index is 1080. The lowest BCUT2D eigenvalue weighted by molar-refractivity contribution is -0.126. The van der Waals surface area contributed by atoms with Crippen molar-refractivity contribution >= 4 is 23.2 Å². The Balaban J connectivity index is 1.23. The number of hydrogen-bond acceptors (Lipinski definition) is 5. The predicted molar refractivity (Wildman–Crippen MR) is 131 cm³/mol. The van der Waals surface area contributed by atoms with Gasteiger partial charge in [-0.2, -0.15) is 0 Å². The molecule has 33 heavy (non-hydrogen) atoms. The van der Waals surface area contributed by atoms with E-state index in [1.54, 1.807) is 17.4 Å². The summed E-state index contributed by atoms with van der Waals surface area (Å²) < 4.78 is 5.60. The summed E-state index contributed by atoms with van der Waals surface area (Å²) in [6.07, 6.45) is 2.05. The maximum absolute atomic E-state index is 12.9. The number of nitrogens with one attached hydrogen (secondary N) is 1. The van der Waals surface area contributed by atoms with Crippen molar-refractivity contribution in [3.05, 3.63) is 71.2 Å². The SMILES string of the molecule is CCOc1ccccc1C(=O)N1CCC(C(=O)NCCc2csc(-c3ccccc3)n2)CC1. The summed E-state index contributed by atoms with van der Waals surface area (Å²) in [5, 5.41) is 6.11. The summed E-state index contributed by atoms with van der Waals surface area (Å²) in [6.45, 7) is 4.13. The number of nitrogens with zero attached hydrogens (tertiary/aromatic N) is 2. The van der Waals surface area contributed by atoms with Crippen LogP contribution in [-0.2, 0) is 11.2 Å². The standard InChI is InChI=1S/C26H29N3O3S/c1-2-32-23-11-7-6-10-22(23)26(31)29-16-13-19(14-17-29)24(30)27-15-12-21-18-33-25(28-21)20-8-4-3-5-9-20/h3-11,18-19H,2,12-17H2,1H3,(H,27,30).